The Morgan fingerprint density at radius 3 is 2.50 bits per heavy atom. The summed E-state index contributed by atoms with van der Waals surface area (Å²) in [6.07, 6.45) is 1.67. The van der Waals surface area contributed by atoms with E-state index < -0.39 is 58.7 Å². The van der Waals surface area contributed by atoms with E-state index in [1.807, 2.05) is 0 Å². The number of halogens is 1. The summed E-state index contributed by atoms with van der Waals surface area (Å²) in [4.78, 5) is 38.6. The summed E-state index contributed by atoms with van der Waals surface area (Å²) < 4.78 is 35.1. The molecular weight excluding hydrogens is 540 g/mol. The highest BCUT2D eigenvalue weighted by Gasteiger charge is 2.47. The van der Waals surface area contributed by atoms with Gasteiger partial charge in [-0.25, -0.2) is 4.68 Å². The largest absolute Gasteiger partial charge is 0.396 e. The van der Waals surface area contributed by atoms with Crippen LogP contribution in [0, 0.1) is 17.8 Å². The van der Waals surface area contributed by atoms with Gasteiger partial charge in [-0.3, -0.25) is 9.13 Å². The second-order valence-corrected chi connectivity index (χ2v) is 14.0. The zero-order chi connectivity index (χ0) is 25.8. The molecule has 1 saturated carbocycles. The molecule has 0 spiro atoms. The Hall–Kier alpha value is -1.18. The van der Waals surface area contributed by atoms with Crippen molar-refractivity contribution in [2.75, 3.05) is 37.1 Å². The quantitative estimate of drug-likeness (QED) is 0.223. The smallest absolute Gasteiger partial charge is 0.340 e. The number of aromatic nitrogens is 4. The van der Waals surface area contributed by atoms with E-state index in [2.05, 4.69) is 20.0 Å². The van der Waals surface area contributed by atoms with Gasteiger partial charge >= 0.3 is 15.2 Å². The van der Waals surface area contributed by atoms with E-state index in [-0.39, 0.29) is 5.28 Å². The van der Waals surface area contributed by atoms with Gasteiger partial charge in [0.1, 0.15) is 11.9 Å². The first-order chi connectivity index (χ1) is 17.0. The van der Waals surface area contributed by atoms with Crippen LogP contribution in [-0.4, -0.2) is 89.1 Å². The molecule has 0 aromatic carbocycles. The average molecular weight is 568 g/mol. The highest BCUT2D eigenvalue weighted by Crippen LogP contribution is 2.55. The summed E-state index contributed by atoms with van der Waals surface area (Å²) in [7, 11) is -9.46. The summed E-state index contributed by atoms with van der Waals surface area (Å²) >= 11 is 6.26. The molecule has 5 rings (SSSR count). The summed E-state index contributed by atoms with van der Waals surface area (Å²) in [5.41, 5.74) is 0.318. The summed E-state index contributed by atoms with van der Waals surface area (Å²) in [5, 5.41) is 25.7. The second-order valence-electron chi connectivity index (χ2n) is 9.64. The lowest BCUT2D eigenvalue weighted by atomic mass is 10.00. The number of fused-ring (bicyclic) bond motifs is 2. The Balaban J connectivity index is 1.38. The van der Waals surface area contributed by atoms with Crippen LogP contribution in [0.2, 0.25) is 5.28 Å². The van der Waals surface area contributed by atoms with Gasteiger partial charge in [0.15, 0.2) is 17.8 Å². The molecule has 1 aliphatic carbocycles. The Kier molecular flexibility index (Phi) is 7.23. The van der Waals surface area contributed by atoms with Crippen LogP contribution in [0.5, 0.6) is 0 Å². The lowest BCUT2D eigenvalue weighted by Gasteiger charge is -2.20. The second kappa shape index (κ2) is 9.85. The fraction of sp³-hybridized carbons (Fsp3) is 0.737. The van der Waals surface area contributed by atoms with Gasteiger partial charge < -0.3 is 39.1 Å². The number of anilines is 1. The van der Waals surface area contributed by atoms with Gasteiger partial charge in [0.2, 0.25) is 5.28 Å². The summed E-state index contributed by atoms with van der Waals surface area (Å²) in [5.74, 6) is -0.414. The van der Waals surface area contributed by atoms with E-state index in [4.69, 9.17) is 30.6 Å². The van der Waals surface area contributed by atoms with Crippen LogP contribution in [0.25, 0.3) is 11.0 Å². The van der Waals surface area contributed by atoms with Crippen molar-refractivity contribution < 1.29 is 43.3 Å². The Morgan fingerprint density at radius 2 is 1.86 bits per heavy atom. The number of hydrogen-bond acceptors (Lipinski definition) is 10. The minimum Gasteiger partial charge on any atom is -0.396 e. The minimum absolute atomic E-state index is 0.000966. The first-order valence-corrected chi connectivity index (χ1v) is 15.5. The molecule has 2 saturated heterocycles. The molecule has 3 fully saturated rings. The molecule has 200 valence electrons. The molecule has 7 atom stereocenters. The predicted molar refractivity (Wildman–Crippen MR) is 127 cm³/mol. The molecule has 0 radical (unpaired) electrons. The van der Waals surface area contributed by atoms with Crippen molar-refractivity contribution >= 4 is 43.6 Å². The first-order valence-electron chi connectivity index (χ1n) is 11.6. The Morgan fingerprint density at radius 1 is 1.17 bits per heavy atom. The highest BCUT2D eigenvalue weighted by molar-refractivity contribution is 7.70. The third kappa shape index (κ3) is 5.22. The van der Waals surface area contributed by atoms with Crippen LogP contribution >= 0.6 is 26.8 Å². The van der Waals surface area contributed by atoms with Crippen LogP contribution in [0.4, 0.5) is 5.82 Å². The van der Waals surface area contributed by atoms with Gasteiger partial charge in [-0.05, 0) is 36.3 Å². The van der Waals surface area contributed by atoms with Crippen LogP contribution in [-0.2, 0) is 18.4 Å². The zero-order valence-corrected chi connectivity index (χ0v) is 21.6. The molecule has 0 bridgehead atoms. The van der Waals surface area contributed by atoms with Crippen molar-refractivity contribution in [3.8, 4) is 0 Å². The van der Waals surface area contributed by atoms with Gasteiger partial charge in [-0.15, -0.1) is 0 Å². The Bertz CT molecular complexity index is 1220. The minimum atomic E-state index is -4.81. The maximum absolute atomic E-state index is 12.0. The fourth-order valence-corrected chi connectivity index (χ4v) is 8.30. The molecule has 2 aromatic rings. The monoisotopic (exact) mass is 567 g/mol. The molecule has 2 aliphatic heterocycles. The van der Waals surface area contributed by atoms with Crippen LogP contribution < -0.4 is 4.90 Å². The molecular formula is C19H28ClN5O9P2. The highest BCUT2D eigenvalue weighted by atomic mass is 35.5. The SMILES string of the molecule is O=P(O)(O)CP(=O)(O)OC[C@H]1O[C@@H](n2ncc3c(N4C[C@H]5CCC[C@H]5C4)nc(Cl)nc32)[C@H](O)[C@H]1CO. The van der Waals surface area contributed by atoms with E-state index in [9.17, 15) is 24.2 Å². The number of nitrogens with zero attached hydrogens (tertiary/aromatic N) is 5. The maximum atomic E-state index is 12.0. The standard InChI is InChI=1S/C19H28ClN5O9P2/c20-19-22-16(24-5-10-2-1-3-11(10)6-24)12-4-21-25(17(12)23-19)18-15(27)13(7-26)14(34-18)8-33-36(31,32)9-35(28,29)30/h4,10-11,13-15,18,26-27H,1-3,5-9H2,(H,31,32)(H2,28,29,30)/t10-,11+,13-,14+,15+,18+/m0/s1. The third-order valence-corrected chi connectivity index (χ3v) is 10.8. The van der Waals surface area contributed by atoms with Crippen molar-refractivity contribution in [2.45, 2.75) is 37.7 Å². The van der Waals surface area contributed by atoms with E-state index in [1.165, 1.54) is 23.9 Å². The van der Waals surface area contributed by atoms with Crippen LogP contribution in [0.15, 0.2) is 6.20 Å². The Labute approximate surface area is 210 Å². The van der Waals surface area contributed by atoms with E-state index in [0.717, 1.165) is 13.1 Å². The normalized spacial score (nSPS) is 32.3. The molecule has 5 N–H and O–H groups in total. The van der Waals surface area contributed by atoms with Gasteiger partial charge in [0.05, 0.1) is 30.9 Å². The van der Waals surface area contributed by atoms with Crippen LogP contribution in [0.1, 0.15) is 25.5 Å². The van der Waals surface area contributed by atoms with E-state index in [1.54, 1.807) is 6.20 Å². The lowest BCUT2D eigenvalue weighted by Crippen LogP contribution is -2.31. The molecule has 0 amide bonds. The summed E-state index contributed by atoms with van der Waals surface area (Å²) in [6, 6.07) is 0. The number of rotatable bonds is 8. The van der Waals surface area contributed by atoms with Gasteiger partial charge in [-0.2, -0.15) is 15.1 Å². The zero-order valence-electron chi connectivity index (χ0n) is 19.1. The van der Waals surface area contributed by atoms with Crippen LogP contribution in [0.3, 0.4) is 0 Å². The maximum Gasteiger partial charge on any atom is 0.340 e. The molecule has 14 nitrogen and oxygen atoms in total. The van der Waals surface area contributed by atoms with Crippen molar-refractivity contribution in [3.63, 3.8) is 0 Å². The molecule has 3 aliphatic rings. The average Bonchev–Trinajstić information content (AvgIpc) is 3.52. The first kappa shape index (κ1) is 26.4. The molecule has 36 heavy (non-hydrogen) atoms. The molecule has 1 unspecified atom stereocenters. The lowest BCUT2D eigenvalue weighted by molar-refractivity contribution is -0.0533. The molecule has 4 heterocycles. The van der Waals surface area contributed by atoms with Crippen molar-refractivity contribution in [1.82, 2.24) is 19.7 Å². The fourth-order valence-electron chi connectivity index (χ4n) is 5.57. The third-order valence-electron chi connectivity index (χ3n) is 7.21. The van der Waals surface area contributed by atoms with E-state index >= 15 is 0 Å². The van der Waals surface area contributed by atoms with Gasteiger partial charge in [0.25, 0.3) is 0 Å². The number of aliphatic hydroxyl groups excluding tert-OH is 2. The molecule has 17 heteroatoms. The van der Waals surface area contributed by atoms with Crippen molar-refractivity contribution in [3.05, 3.63) is 11.5 Å². The number of aliphatic hydroxyl groups is 2. The predicted octanol–water partition coefficient (Wildman–Crippen LogP) is 0.920. The van der Waals surface area contributed by atoms with Gasteiger partial charge in [-0.1, -0.05) is 6.42 Å². The van der Waals surface area contributed by atoms with E-state index in [0.29, 0.717) is 28.7 Å². The number of hydrogen-bond donors (Lipinski definition) is 5. The van der Waals surface area contributed by atoms with Crippen molar-refractivity contribution in [2.24, 2.45) is 17.8 Å². The van der Waals surface area contributed by atoms with Gasteiger partial charge in [0, 0.05) is 19.0 Å². The summed E-state index contributed by atoms with van der Waals surface area (Å²) in [6.45, 7) is 0.589. The van der Waals surface area contributed by atoms with Crippen molar-refractivity contribution in [1.29, 1.82) is 0 Å². The topological polar surface area (TPSA) is 201 Å². The number of ether oxygens (including phenoxy) is 1. The molecule has 2 aromatic heterocycles.